The molecule has 1 aliphatic carbocycles. The SMILES string of the molecule is CCC(CCO)Nc1c2c(nc3c(-c4ccc(OC)cc4Cl)c(C)nn13)CCC2. The molecular formula is C22H27ClN4O2. The van der Waals surface area contributed by atoms with Crippen molar-refractivity contribution in [1.29, 1.82) is 0 Å². The Bertz CT molecular complexity index is 1050. The number of aliphatic hydroxyl groups is 1. The lowest BCUT2D eigenvalue weighted by molar-refractivity contribution is 0.278. The zero-order chi connectivity index (χ0) is 20.5. The van der Waals surface area contributed by atoms with Crippen LogP contribution in [0.25, 0.3) is 16.8 Å². The van der Waals surface area contributed by atoms with Gasteiger partial charge in [0.15, 0.2) is 5.65 Å². The van der Waals surface area contributed by atoms with Crippen LogP contribution in [0.3, 0.4) is 0 Å². The zero-order valence-electron chi connectivity index (χ0n) is 17.1. The second-order valence-corrected chi connectivity index (χ2v) is 7.95. The number of nitrogens with one attached hydrogen (secondary N) is 1. The van der Waals surface area contributed by atoms with E-state index in [0.29, 0.717) is 11.4 Å². The van der Waals surface area contributed by atoms with Gasteiger partial charge in [-0.15, -0.1) is 0 Å². The first kappa shape index (κ1) is 20.0. The number of aryl methyl sites for hydroxylation is 2. The largest absolute Gasteiger partial charge is 0.497 e. The maximum atomic E-state index is 9.42. The topological polar surface area (TPSA) is 71.7 Å². The maximum absolute atomic E-state index is 9.42. The summed E-state index contributed by atoms with van der Waals surface area (Å²) >= 11 is 6.59. The number of hydrogen-bond acceptors (Lipinski definition) is 5. The summed E-state index contributed by atoms with van der Waals surface area (Å²) in [5.74, 6) is 1.72. The lowest BCUT2D eigenvalue weighted by atomic mass is 10.1. The number of aliphatic hydroxyl groups excluding tert-OH is 1. The Hall–Kier alpha value is -2.31. The third-order valence-electron chi connectivity index (χ3n) is 5.72. The first-order valence-corrected chi connectivity index (χ1v) is 10.6. The number of aromatic nitrogens is 3. The number of benzene rings is 1. The molecular weight excluding hydrogens is 388 g/mol. The highest BCUT2D eigenvalue weighted by atomic mass is 35.5. The van der Waals surface area contributed by atoms with E-state index >= 15 is 0 Å². The van der Waals surface area contributed by atoms with Crippen molar-refractivity contribution in [1.82, 2.24) is 14.6 Å². The van der Waals surface area contributed by atoms with E-state index in [9.17, 15) is 5.11 Å². The average Bonchev–Trinajstić information content (AvgIpc) is 3.31. The summed E-state index contributed by atoms with van der Waals surface area (Å²) in [4.78, 5) is 5.00. The van der Waals surface area contributed by atoms with E-state index in [1.165, 1.54) is 5.56 Å². The van der Waals surface area contributed by atoms with Crippen molar-refractivity contribution in [2.24, 2.45) is 0 Å². The van der Waals surface area contributed by atoms with Crippen molar-refractivity contribution in [3.8, 4) is 16.9 Å². The van der Waals surface area contributed by atoms with Crippen molar-refractivity contribution in [3.63, 3.8) is 0 Å². The second kappa shape index (κ2) is 8.20. The number of ether oxygens (including phenoxy) is 1. The van der Waals surface area contributed by atoms with Crippen LogP contribution in [-0.4, -0.2) is 39.5 Å². The molecule has 1 atom stereocenters. The van der Waals surface area contributed by atoms with Crippen molar-refractivity contribution in [3.05, 3.63) is 40.2 Å². The molecule has 3 aromatic rings. The summed E-state index contributed by atoms with van der Waals surface area (Å²) in [5, 5.41) is 18.5. The summed E-state index contributed by atoms with van der Waals surface area (Å²) in [5.41, 5.74) is 5.92. The van der Waals surface area contributed by atoms with E-state index in [2.05, 4.69) is 12.2 Å². The highest BCUT2D eigenvalue weighted by Gasteiger charge is 2.25. The molecule has 1 unspecified atom stereocenters. The Morgan fingerprint density at radius 2 is 2.17 bits per heavy atom. The number of methoxy groups -OCH3 is 1. The monoisotopic (exact) mass is 414 g/mol. The number of fused-ring (bicyclic) bond motifs is 2. The molecule has 0 saturated heterocycles. The normalized spacial score (nSPS) is 14.2. The fourth-order valence-electron chi connectivity index (χ4n) is 4.15. The highest BCUT2D eigenvalue weighted by molar-refractivity contribution is 6.33. The Labute approximate surface area is 175 Å². The van der Waals surface area contributed by atoms with Crippen molar-refractivity contribution in [2.75, 3.05) is 19.0 Å². The lowest BCUT2D eigenvalue weighted by Gasteiger charge is -2.20. The first-order valence-electron chi connectivity index (χ1n) is 10.2. The van der Waals surface area contributed by atoms with Gasteiger partial charge in [0.25, 0.3) is 0 Å². The van der Waals surface area contributed by atoms with E-state index in [-0.39, 0.29) is 12.6 Å². The van der Waals surface area contributed by atoms with E-state index in [1.807, 2.05) is 29.6 Å². The van der Waals surface area contributed by atoms with Crippen LogP contribution in [0.2, 0.25) is 5.02 Å². The van der Waals surface area contributed by atoms with Gasteiger partial charge in [-0.2, -0.15) is 9.61 Å². The maximum Gasteiger partial charge on any atom is 0.165 e. The third-order valence-corrected chi connectivity index (χ3v) is 6.03. The molecule has 2 N–H and O–H groups in total. The van der Waals surface area contributed by atoms with E-state index in [1.54, 1.807) is 7.11 Å². The lowest BCUT2D eigenvalue weighted by Crippen LogP contribution is -2.23. The summed E-state index contributed by atoms with van der Waals surface area (Å²) in [7, 11) is 1.63. The van der Waals surface area contributed by atoms with Crippen LogP contribution in [0, 0.1) is 6.92 Å². The molecule has 154 valence electrons. The summed E-state index contributed by atoms with van der Waals surface area (Å²) in [6, 6.07) is 5.88. The molecule has 0 bridgehead atoms. The fourth-order valence-corrected chi connectivity index (χ4v) is 4.42. The Balaban J connectivity index is 1.91. The van der Waals surface area contributed by atoms with Gasteiger partial charge in [-0.3, -0.25) is 0 Å². The number of anilines is 1. The van der Waals surface area contributed by atoms with Crippen LogP contribution in [0.5, 0.6) is 5.75 Å². The molecule has 2 aromatic heterocycles. The summed E-state index contributed by atoms with van der Waals surface area (Å²) < 4.78 is 7.22. The number of hydrogen-bond donors (Lipinski definition) is 2. The molecule has 0 aliphatic heterocycles. The minimum Gasteiger partial charge on any atom is -0.497 e. The van der Waals surface area contributed by atoms with E-state index in [0.717, 1.165) is 65.4 Å². The van der Waals surface area contributed by atoms with E-state index in [4.69, 9.17) is 26.4 Å². The van der Waals surface area contributed by atoms with Crippen molar-refractivity contribution in [2.45, 2.75) is 52.0 Å². The smallest absolute Gasteiger partial charge is 0.165 e. The fraction of sp³-hybridized carbons (Fsp3) is 0.455. The molecule has 0 fully saturated rings. The molecule has 0 amide bonds. The number of halogens is 1. The summed E-state index contributed by atoms with van der Waals surface area (Å²) in [6.45, 7) is 4.28. The number of nitrogens with zero attached hydrogens (tertiary/aromatic N) is 3. The van der Waals surface area contributed by atoms with Gasteiger partial charge in [-0.25, -0.2) is 4.98 Å². The number of rotatable bonds is 7. The van der Waals surface area contributed by atoms with Crippen LogP contribution < -0.4 is 10.1 Å². The van der Waals surface area contributed by atoms with Crippen molar-refractivity contribution < 1.29 is 9.84 Å². The van der Waals surface area contributed by atoms with Gasteiger partial charge in [0.05, 0.1) is 23.4 Å². The minimum absolute atomic E-state index is 0.159. The Morgan fingerprint density at radius 1 is 1.34 bits per heavy atom. The predicted octanol–water partition coefficient (Wildman–Crippen LogP) is 4.43. The summed E-state index contributed by atoms with van der Waals surface area (Å²) in [6.07, 6.45) is 4.69. The zero-order valence-corrected chi connectivity index (χ0v) is 17.9. The van der Waals surface area contributed by atoms with Gasteiger partial charge >= 0.3 is 0 Å². The van der Waals surface area contributed by atoms with Crippen LogP contribution in [0.15, 0.2) is 18.2 Å². The van der Waals surface area contributed by atoms with Gasteiger partial charge in [-0.05, 0) is 57.2 Å². The van der Waals surface area contributed by atoms with E-state index < -0.39 is 0 Å². The van der Waals surface area contributed by atoms with Crippen LogP contribution in [0.1, 0.15) is 43.1 Å². The molecule has 4 rings (SSSR count). The minimum atomic E-state index is 0.159. The molecule has 7 heteroatoms. The molecule has 2 heterocycles. The van der Waals surface area contributed by atoms with Gasteiger partial charge in [-0.1, -0.05) is 18.5 Å². The highest BCUT2D eigenvalue weighted by Crippen LogP contribution is 2.38. The molecule has 1 aliphatic rings. The van der Waals surface area contributed by atoms with Gasteiger partial charge in [0.1, 0.15) is 11.6 Å². The second-order valence-electron chi connectivity index (χ2n) is 7.54. The molecule has 1 aromatic carbocycles. The van der Waals surface area contributed by atoms with Gasteiger partial charge < -0.3 is 15.2 Å². The van der Waals surface area contributed by atoms with Gasteiger partial charge in [0, 0.05) is 29.5 Å². The first-order chi connectivity index (χ1) is 14.1. The van der Waals surface area contributed by atoms with Crippen molar-refractivity contribution >= 4 is 23.1 Å². The Morgan fingerprint density at radius 3 is 2.86 bits per heavy atom. The molecule has 29 heavy (non-hydrogen) atoms. The van der Waals surface area contributed by atoms with Gasteiger partial charge in [0.2, 0.25) is 0 Å². The molecule has 6 nitrogen and oxygen atoms in total. The third kappa shape index (κ3) is 3.55. The van der Waals surface area contributed by atoms with Crippen LogP contribution in [-0.2, 0) is 12.8 Å². The Kier molecular flexibility index (Phi) is 5.65. The average molecular weight is 415 g/mol. The molecule has 0 saturated carbocycles. The quantitative estimate of drug-likeness (QED) is 0.598. The van der Waals surface area contributed by atoms with Crippen LogP contribution in [0.4, 0.5) is 5.82 Å². The van der Waals surface area contributed by atoms with Crippen LogP contribution >= 0.6 is 11.6 Å². The molecule has 0 radical (unpaired) electrons. The standard InChI is InChI=1S/C22H27ClN4O2/c1-4-14(10-11-28)24-21-17-6-5-7-19(17)25-22-20(13(2)26-27(21)22)16-9-8-15(29-3)12-18(16)23/h8-9,12,14,24,28H,4-7,10-11H2,1-3H3. The predicted molar refractivity (Wildman–Crippen MR) is 116 cm³/mol. The molecule has 0 spiro atoms.